The van der Waals surface area contributed by atoms with Gasteiger partial charge in [0, 0.05) is 18.0 Å². The van der Waals surface area contributed by atoms with Crippen LogP contribution in [0, 0.1) is 13.8 Å². The number of aliphatic carboxylic acids is 1. The van der Waals surface area contributed by atoms with Gasteiger partial charge >= 0.3 is 5.97 Å². The highest BCUT2D eigenvalue weighted by Gasteiger charge is 2.29. The van der Waals surface area contributed by atoms with Crippen molar-refractivity contribution in [3.8, 4) is 5.75 Å². The fourth-order valence-electron chi connectivity index (χ4n) is 3.13. The molecule has 0 amide bonds. The standard InChI is InChI=1S/C19H21NO5S2/c1-12-9-14(10-13(2)18(12)21)11-15(19(22)23)16-5-6-17(26-16)27(24,25)20-7-3-4-8-20/h5-6,9-11,21H,3-4,7-8H2,1-2H3,(H,22,23)/p-1/b15-11-. The van der Waals surface area contributed by atoms with Crippen molar-refractivity contribution in [2.24, 2.45) is 0 Å². The number of benzene rings is 1. The van der Waals surface area contributed by atoms with E-state index in [-0.39, 0.29) is 15.5 Å². The number of sulfonamides is 1. The minimum absolute atomic E-state index is 0.000297. The molecule has 0 unspecified atom stereocenters. The zero-order valence-electron chi connectivity index (χ0n) is 15.1. The summed E-state index contributed by atoms with van der Waals surface area (Å²) in [5, 5.41) is 21.5. The van der Waals surface area contributed by atoms with Crippen LogP contribution >= 0.6 is 11.3 Å². The van der Waals surface area contributed by atoms with E-state index in [4.69, 9.17) is 0 Å². The summed E-state index contributed by atoms with van der Waals surface area (Å²) in [6.07, 6.45) is 3.15. The van der Waals surface area contributed by atoms with Gasteiger partial charge in [0.2, 0.25) is 0 Å². The van der Waals surface area contributed by atoms with Crippen molar-refractivity contribution >= 4 is 39.0 Å². The zero-order chi connectivity index (χ0) is 19.8. The number of hydrogen-bond donors (Lipinski definition) is 1. The molecule has 6 nitrogen and oxygen atoms in total. The molecule has 0 aliphatic carbocycles. The second-order valence-electron chi connectivity index (χ2n) is 6.58. The molecule has 2 heterocycles. The number of carbonyl (C=O) groups is 1. The van der Waals surface area contributed by atoms with E-state index in [1.807, 2.05) is 0 Å². The van der Waals surface area contributed by atoms with Crippen molar-refractivity contribution in [1.82, 2.24) is 4.31 Å². The van der Waals surface area contributed by atoms with Crippen LogP contribution in [0.15, 0.2) is 28.5 Å². The first-order chi connectivity index (χ1) is 12.7. The zero-order valence-corrected chi connectivity index (χ0v) is 16.7. The van der Waals surface area contributed by atoms with Gasteiger partial charge in [-0.05, 0) is 50.5 Å². The lowest BCUT2D eigenvalue weighted by molar-refractivity contribution is -0.270. The summed E-state index contributed by atoms with van der Waals surface area (Å²) < 4.78 is 26.9. The molecule has 0 atom stereocenters. The molecule has 1 fully saturated rings. The predicted molar refractivity (Wildman–Crippen MR) is 103 cm³/mol. The fraction of sp³-hybridized carbons (Fsp3) is 0.316. The van der Waals surface area contributed by atoms with Gasteiger partial charge < -0.3 is 10.2 Å². The summed E-state index contributed by atoms with van der Waals surface area (Å²) in [5.41, 5.74) is 1.67. The van der Waals surface area contributed by atoms with Crippen molar-refractivity contribution in [3.05, 3.63) is 45.8 Å². The molecule has 0 bridgehead atoms. The molecule has 8 heteroatoms. The second-order valence-corrected chi connectivity index (χ2v) is 9.83. The Kier molecular flexibility index (Phi) is 5.41. The summed E-state index contributed by atoms with van der Waals surface area (Å²) in [5.74, 6) is -1.22. The lowest BCUT2D eigenvalue weighted by Gasteiger charge is -2.15. The van der Waals surface area contributed by atoms with Gasteiger partial charge in [-0.25, -0.2) is 13.2 Å². The maximum atomic E-state index is 12.7. The first kappa shape index (κ1) is 19.6. The third-order valence-electron chi connectivity index (χ3n) is 4.53. The third-order valence-corrected chi connectivity index (χ3v) is 8.01. The monoisotopic (exact) mass is 406 g/mol. The summed E-state index contributed by atoms with van der Waals surface area (Å²) in [7, 11) is -3.58. The molecule has 2 aromatic rings. The molecule has 1 N–H and O–H groups in total. The maximum absolute atomic E-state index is 12.7. The molecule has 1 saturated heterocycles. The minimum atomic E-state index is -3.58. The highest BCUT2D eigenvalue weighted by atomic mass is 32.2. The lowest BCUT2D eigenvalue weighted by atomic mass is 10.0. The van der Waals surface area contributed by atoms with Crippen LogP contribution in [0.5, 0.6) is 5.75 Å². The first-order valence-electron chi connectivity index (χ1n) is 8.54. The predicted octanol–water partition coefficient (Wildman–Crippen LogP) is 2.85. The average Bonchev–Trinajstić information content (AvgIpc) is 3.28. The Balaban J connectivity index is 2.00. The van der Waals surface area contributed by atoms with Gasteiger partial charge in [-0.3, -0.25) is 0 Å². The Labute approximate surface area is 162 Å². The molecule has 144 valence electrons. The molecule has 1 aromatic heterocycles. The highest BCUT2D eigenvalue weighted by Crippen LogP contribution is 2.32. The maximum Gasteiger partial charge on any atom is 0.337 e. The summed E-state index contributed by atoms with van der Waals surface area (Å²) in [6.45, 7) is 4.35. The lowest BCUT2D eigenvalue weighted by Crippen LogP contribution is -2.27. The van der Waals surface area contributed by atoms with E-state index in [0.717, 1.165) is 24.2 Å². The van der Waals surface area contributed by atoms with Crippen LogP contribution in [-0.2, 0) is 14.8 Å². The Morgan fingerprint density at radius 2 is 1.78 bits per heavy atom. The van der Waals surface area contributed by atoms with Gasteiger partial charge in [-0.15, -0.1) is 17.1 Å². The van der Waals surface area contributed by atoms with Crippen molar-refractivity contribution in [1.29, 1.82) is 0 Å². The van der Waals surface area contributed by atoms with Crippen molar-refractivity contribution in [3.63, 3.8) is 0 Å². The van der Waals surface area contributed by atoms with E-state index in [1.54, 1.807) is 26.0 Å². The van der Waals surface area contributed by atoms with E-state index < -0.39 is 16.0 Å². The first-order valence-corrected chi connectivity index (χ1v) is 10.8. The Morgan fingerprint density at radius 1 is 1.19 bits per heavy atom. The van der Waals surface area contributed by atoms with Crippen LogP contribution in [0.3, 0.4) is 0 Å². The van der Waals surface area contributed by atoms with Crippen LogP contribution in [-0.4, -0.2) is 36.9 Å². The largest absolute Gasteiger partial charge is 0.872 e. The quantitative estimate of drug-likeness (QED) is 0.770. The molecule has 1 aliphatic heterocycles. The fourth-order valence-corrected chi connectivity index (χ4v) is 6.12. The SMILES string of the molecule is Cc1cc(/C=C(\C(=O)O)c2ccc(S(=O)(=O)N3CCCC3)s2)cc(C)c1[O-]. The van der Waals surface area contributed by atoms with Crippen LogP contribution in [0.2, 0.25) is 0 Å². The van der Waals surface area contributed by atoms with Crippen molar-refractivity contribution < 1.29 is 23.4 Å². The Morgan fingerprint density at radius 3 is 2.33 bits per heavy atom. The molecule has 0 radical (unpaired) electrons. The van der Waals surface area contributed by atoms with Crippen LogP contribution < -0.4 is 5.11 Å². The van der Waals surface area contributed by atoms with Crippen LogP contribution in [0.25, 0.3) is 11.6 Å². The number of nitrogens with zero attached hydrogens (tertiary/aromatic N) is 1. The normalized spacial score (nSPS) is 16.0. The molecule has 3 rings (SSSR count). The molecule has 1 aromatic carbocycles. The summed E-state index contributed by atoms with van der Waals surface area (Å²) in [4.78, 5) is 12.1. The number of carboxylic acid groups (broad SMARTS) is 1. The molecule has 27 heavy (non-hydrogen) atoms. The number of carboxylic acids is 1. The Hall–Kier alpha value is -2.16. The van der Waals surface area contributed by atoms with E-state index in [2.05, 4.69) is 0 Å². The molecule has 0 spiro atoms. The van der Waals surface area contributed by atoms with Gasteiger partial charge in [0.1, 0.15) is 4.21 Å². The van der Waals surface area contributed by atoms with E-state index in [1.165, 1.54) is 22.5 Å². The smallest absolute Gasteiger partial charge is 0.337 e. The molecule has 1 aliphatic rings. The van der Waals surface area contributed by atoms with Gasteiger partial charge in [-0.2, -0.15) is 4.31 Å². The molecular formula is C19H20NO5S2-. The number of hydrogen-bond acceptors (Lipinski definition) is 5. The third kappa shape index (κ3) is 3.92. The highest BCUT2D eigenvalue weighted by molar-refractivity contribution is 7.91. The van der Waals surface area contributed by atoms with Crippen molar-refractivity contribution in [2.45, 2.75) is 30.9 Å². The summed E-state index contributed by atoms with van der Waals surface area (Å²) in [6, 6.07) is 6.25. The van der Waals surface area contributed by atoms with Crippen LogP contribution in [0.1, 0.15) is 34.4 Å². The molecule has 0 saturated carbocycles. The van der Waals surface area contributed by atoms with E-state index in [9.17, 15) is 23.4 Å². The number of aryl methyl sites for hydroxylation is 2. The van der Waals surface area contributed by atoms with Gasteiger partial charge in [0.25, 0.3) is 10.0 Å². The van der Waals surface area contributed by atoms with Crippen LogP contribution in [0.4, 0.5) is 0 Å². The van der Waals surface area contributed by atoms with E-state index in [0.29, 0.717) is 34.7 Å². The van der Waals surface area contributed by atoms with Gasteiger partial charge in [-0.1, -0.05) is 23.3 Å². The Bertz CT molecular complexity index is 991. The average molecular weight is 407 g/mol. The number of rotatable bonds is 5. The van der Waals surface area contributed by atoms with Crippen molar-refractivity contribution in [2.75, 3.05) is 13.1 Å². The topological polar surface area (TPSA) is 97.7 Å². The van der Waals surface area contributed by atoms with E-state index >= 15 is 0 Å². The summed E-state index contributed by atoms with van der Waals surface area (Å²) >= 11 is 0.953. The number of thiophene rings is 1. The molecular weight excluding hydrogens is 386 g/mol. The van der Waals surface area contributed by atoms with Gasteiger partial charge in [0.05, 0.1) is 5.57 Å². The second kappa shape index (κ2) is 7.46. The minimum Gasteiger partial charge on any atom is -0.872 e. The van der Waals surface area contributed by atoms with Gasteiger partial charge in [0.15, 0.2) is 0 Å².